The SMILES string of the molecule is COc1ccc(OCC(=O)Nc2ccc(OC(F)(F)F)cc2)c(C=O)c1. The van der Waals surface area contributed by atoms with Crippen molar-refractivity contribution in [2.45, 2.75) is 6.36 Å². The molecule has 0 heterocycles. The molecule has 0 bridgehead atoms. The van der Waals surface area contributed by atoms with Crippen molar-refractivity contribution in [2.75, 3.05) is 19.0 Å². The minimum Gasteiger partial charge on any atom is -0.497 e. The number of rotatable bonds is 7. The number of alkyl halides is 3. The number of methoxy groups -OCH3 is 1. The van der Waals surface area contributed by atoms with Crippen molar-refractivity contribution in [3.05, 3.63) is 48.0 Å². The quantitative estimate of drug-likeness (QED) is 0.757. The van der Waals surface area contributed by atoms with Crippen LogP contribution in [0.4, 0.5) is 18.9 Å². The Morgan fingerprint density at radius 1 is 1.12 bits per heavy atom. The Labute approximate surface area is 146 Å². The number of halogens is 3. The number of carbonyl (C=O) groups is 2. The molecule has 2 aromatic carbocycles. The first-order chi connectivity index (χ1) is 12.3. The standard InChI is InChI=1S/C17H14F3NO5/c1-24-14-6-7-15(11(8-14)9-22)25-10-16(23)21-12-2-4-13(5-3-12)26-17(18,19)20/h2-9H,10H2,1H3,(H,21,23). The van der Waals surface area contributed by atoms with Gasteiger partial charge in [-0.2, -0.15) is 0 Å². The van der Waals surface area contributed by atoms with Gasteiger partial charge in [-0.15, -0.1) is 13.2 Å². The number of carbonyl (C=O) groups excluding carboxylic acids is 2. The van der Waals surface area contributed by atoms with Crippen molar-refractivity contribution in [1.29, 1.82) is 0 Å². The molecule has 0 radical (unpaired) electrons. The molecule has 6 nitrogen and oxygen atoms in total. The third-order valence-corrected chi connectivity index (χ3v) is 3.07. The predicted molar refractivity (Wildman–Crippen MR) is 85.6 cm³/mol. The molecule has 2 aromatic rings. The summed E-state index contributed by atoms with van der Waals surface area (Å²) in [6.07, 6.45) is -4.22. The summed E-state index contributed by atoms with van der Waals surface area (Å²) >= 11 is 0. The molecule has 0 spiro atoms. The lowest BCUT2D eigenvalue weighted by molar-refractivity contribution is -0.274. The van der Waals surface area contributed by atoms with E-state index >= 15 is 0 Å². The molecular formula is C17H14F3NO5. The Hall–Kier alpha value is -3.23. The summed E-state index contributed by atoms with van der Waals surface area (Å²) in [6, 6.07) is 9.15. The molecule has 0 fully saturated rings. The topological polar surface area (TPSA) is 73.9 Å². The maximum Gasteiger partial charge on any atom is 0.573 e. The lowest BCUT2D eigenvalue weighted by Crippen LogP contribution is -2.20. The molecule has 138 valence electrons. The summed E-state index contributed by atoms with van der Waals surface area (Å²) in [5.41, 5.74) is 0.476. The largest absolute Gasteiger partial charge is 0.573 e. The maximum atomic E-state index is 12.1. The van der Waals surface area contributed by atoms with Crippen LogP contribution in [0.5, 0.6) is 17.2 Å². The third-order valence-electron chi connectivity index (χ3n) is 3.07. The van der Waals surface area contributed by atoms with Crippen LogP contribution in [0.15, 0.2) is 42.5 Å². The summed E-state index contributed by atoms with van der Waals surface area (Å²) in [4.78, 5) is 22.9. The molecule has 0 saturated carbocycles. The zero-order chi connectivity index (χ0) is 19.2. The maximum absolute atomic E-state index is 12.1. The molecule has 0 aliphatic heterocycles. The minimum absolute atomic E-state index is 0.199. The number of aldehydes is 1. The van der Waals surface area contributed by atoms with Crippen molar-refractivity contribution in [3.8, 4) is 17.2 Å². The highest BCUT2D eigenvalue weighted by molar-refractivity contribution is 5.92. The summed E-state index contributed by atoms with van der Waals surface area (Å²) < 4.78 is 50.2. The van der Waals surface area contributed by atoms with Crippen molar-refractivity contribution in [3.63, 3.8) is 0 Å². The van der Waals surface area contributed by atoms with Crippen molar-refractivity contribution < 1.29 is 37.0 Å². The van der Waals surface area contributed by atoms with Crippen molar-refractivity contribution in [2.24, 2.45) is 0 Å². The van der Waals surface area contributed by atoms with Crippen LogP contribution in [0, 0.1) is 0 Å². The molecule has 0 atom stereocenters. The average Bonchev–Trinajstić information content (AvgIpc) is 2.60. The number of anilines is 1. The smallest absolute Gasteiger partial charge is 0.497 e. The highest BCUT2D eigenvalue weighted by Gasteiger charge is 2.30. The van der Waals surface area contributed by atoms with Crippen LogP contribution in [0.3, 0.4) is 0 Å². The summed E-state index contributed by atoms with van der Waals surface area (Å²) in [7, 11) is 1.45. The summed E-state index contributed by atoms with van der Waals surface area (Å²) in [5.74, 6) is -0.294. The van der Waals surface area contributed by atoms with Gasteiger partial charge in [-0.1, -0.05) is 0 Å². The highest BCUT2D eigenvalue weighted by atomic mass is 19.4. The normalized spacial score (nSPS) is 10.8. The van der Waals surface area contributed by atoms with E-state index in [-0.39, 0.29) is 17.0 Å². The molecule has 9 heteroatoms. The van der Waals surface area contributed by atoms with E-state index in [0.29, 0.717) is 12.0 Å². The first kappa shape index (κ1) is 19.1. The van der Waals surface area contributed by atoms with Gasteiger partial charge in [0.2, 0.25) is 0 Å². The van der Waals surface area contributed by atoms with Crippen LogP contribution in [0.2, 0.25) is 0 Å². The molecule has 0 aliphatic rings. The molecule has 1 amide bonds. The minimum atomic E-state index is -4.78. The van der Waals surface area contributed by atoms with Gasteiger partial charge in [-0.3, -0.25) is 9.59 Å². The number of ether oxygens (including phenoxy) is 3. The number of nitrogens with one attached hydrogen (secondary N) is 1. The van der Waals surface area contributed by atoms with Gasteiger partial charge in [0.25, 0.3) is 5.91 Å². The first-order valence-corrected chi connectivity index (χ1v) is 7.22. The van der Waals surface area contributed by atoms with E-state index in [2.05, 4.69) is 10.1 Å². The lowest BCUT2D eigenvalue weighted by Gasteiger charge is -2.11. The molecular weight excluding hydrogens is 355 g/mol. The van der Waals surface area contributed by atoms with Gasteiger partial charge in [0.15, 0.2) is 12.9 Å². The fraction of sp³-hybridized carbons (Fsp3) is 0.176. The summed E-state index contributed by atoms with van der Waals surface area (Å²) in [5, 5.41) is 2.45. The Balaban J connectivity index is 1.92. The summed E-state index contributed by atoms with van der Waals surface area (Å²) in [6.45, 7) is -0.395. The van der Waals surface area contributed by atoms with E-state index in [1.54, 1.807) is 6.07 Å². The van der Waals surface area contributed by atoms with Crippen molar-refractivity contribution >= 4 is 17.9 Å². The van der Waals surface area contributed by atoms with Gasteiger partial charge in [0, 0.05) is 5.69 Å². The first-order valence-electron chi connectivity index (χ1n) is 7.22. The Bertz CT molecular complexity index is 775. The van der Waals surface area contributed by atoms with Crippen LogP contribution in [0.25, 0.3) is 0 Å². The molecule has 0 saturated heterocycles. The second kappa shape index (κ2) is 8.24. The van der Waals surface area contributed by atoms with Crippen LogP contribution >= 0.6 is 0 Å². The van der Waals surface area contributed by atoms with Crippen LogP contribution in [0.1, 0.15) is 10.4 Å². The number of hydrogen-bond acceptors (Lipinski definition) is 5. The highest BCUT2D eigenvalue weighted by Crippen LogP contribution is 2.24. The number of hydrogen-bond donors (Lipinski definition) is 1. The van der Waals surface area contributed by atoms with E-state index in [9.17, 15) is 22.8 Å². The van der Waals surface area contributed by atoms with E-state index in [1.165, 1.54) is 31.4 Å². The Morgan fingerprint density at radius 3 is 2.35 bits per heavy atom. The molecule has 0 aliphatic carbocycles. The van der Waals surface area contributed by atoms with Gasteiger partial charge in [-0.05, 0) is 42.5 Å². The van der Waals surface area contributed by atoms with Gasteiger partial charge in [0.1, 0.15) is 17.2 Å². The van der Waals surface area contributed by atoms with Crippen LogP contribution in [-0.4, -0.2) is 32.3 Å². The zero-order valence-corrected chi connectivity index (χ0v) is 13.5. The molecule has 0 unspecified atom stereocenters. The van der Waals surface area contributed by atoms with Crippen LogP contribution in [-0.2, 0) is 4.79 Å². The lowest BCUT2D eigenvalue weighted by atomic mass is 10.2. The monoisotopic (exact) mass is 369 g/mol. The molecule has 1 N–H and O–H groups in total. The van der Waals surface area contributed by atoms with E-state index in [4.69, 9.17) is 9.47 Å². The van der Waals surface area contributed by atoms with E-state index < -0.39 is 24.6 Å². The van der Waals surface area contributed by atoms with Crippen LogP contribution < -0.4 is 19.5 Å². The Morgan fingerprint density at radius 2 is 1.77 bits per heavy atom. The number of amides is 1. The zero-order valence-electron chi connectivity index (χ0n) is 13.5. The third kappa shape index (κ3) is 5.69. The second-order valence-corrected chi connectivity index (χ2v) is 4.93. The van der Waals surface area contributed by atoms with E-state index in [0.717, 1.165) is 12.1 Å². The molecule has 0 aromatic heterocycles. The Kier molecular flexibility index (Phi) is 6.05. The van der Waals surface area contributed by atoms with Gasteiger partial charge >= 0.3 is 6.36 Å². The second-order valence-electron chi connectivity index (χ2n) is 4.93. The molecule has 26 heavy (non-hydrogen) atoms. The van der Waals surface area contributed by atoms with Crippen molar-refractivity contribution in [1.82, 2.24) is 0 Å². The average molecular weight is 369 g/mol. The number of benzene rings is 2. The molecule has 2 rings (SSSR count). The fourth-order valence-corrected chi connectivity index (χ4v) is 1.96. The predicted octanol–water partition coefficient (Wildman–Crippen LogP) is 3.42. The van der Waals surface area contributed by atoms with Gasteiger partial charge in [-0.25, -0.2) is 0 Å². The fourth-order valence-electron chi connectivity index (χ4n) is 1.96. The van der Waals surface area contributed by atoms with Gasteiger partial charge in [0.05, 0.1) is 12.7 Å². The van der Waals surface area contributed by atoms with Gasteiger partial charge < -0.3 is 19.5 Å². The van der Waals surface area contributed by atoms with E-state index in [1.807, 2.05) is 0 Å².